The third kappa shape index (κ3) is 3.83. The van der Waals surface area contributed by atoms with Crippen LogP contribution < -0.4 is 4.67 Å². The molecule has 3 aliphatic rings. The van der Waals surface area contributed by atoms with E-state index in [4.69, 9.17) is 11.6 Å². The molecule has 2 fully saturated rings. The fourth-order valence-corrected chi connectivity index (χ4v) is 12.2. The molecule has 0 radical (unpaired) electrons. The van der Waals surface area contributed by atoms with E-state index in [0.717, 1.165) is 18.2 Å². The summed E-state index contributed by atoms with van der Waals surface area (Å²) >= 11 is 5.77. The van der Waals surface area contributed by atoms with Crippen LogP contribution in [0.15, 0.2) is 54.6 Å². The topological polar surface area (TPSA) is 45.3 Å². The van der Waals surface area contributed by atoms with Gasteiger partial charge in [-0.15, -0.1) is 0 Å². The Morgan fingerprint density at radius 1 is 0.727 bits per heavy atom. The number of carbonyl (C=O) groups is 1. The van der Waals surface area contributed by atoms with Gasteiger partial charge < -0.3 is 0 Å². The van der Waals surface area contributed by atoms with Crippen molar-refractivity contribution >= 4 is 30.7 Å². The third-order valence-corrected chi connectivity index (χ3v) is 12.8. The Labute approximate surface area is 245 Å². The maximum absolute atomic E-state index is 14.8. The normalized spacial score (nSPS) is 23.8. The van der Waals surface area contributed by atoms with Gasteiger partial charge in [-0.3, -0.25) is 0 Å². The summed E-state index contributed by atoms with van der Waals surface area (Å²) in [6.45, 7) is -3.65. The average Bonchev–Trinajstić information content (AvgIpc) is 3.41. The summed E-state index contributed by atoms with van der Waals surface area (Å²) in [5.74, 6) is -2.26. The second-order valence-corrected chi connectivity index (χ2v) is 13.9. The molecule has 0 atom stereocenters. The molecule has 1 amide bonds. The van der Waals surface area contributed by atoms with Crippen LogP contribution in [-0.4, -0.2) is 76.7 Å². The number of amides is 1. The summed E-state index contributed by atoms with van der Waals surface area (Å²) in [5, 5.41) is 0. The Bertz CT molecular complexity index is 1380. The number of halogens is 13. The van der Waals surface area contributed by atoms with Crippen LogP contribution in [0.3, 0.4) is 0 Å². The first-order valence-corrected chi connectivity index (χ1v) is 14.9. The summed E-state index contributed by atoms with van der Waals surface area (Å²) in [7, 11) is -7.38. The molecule has 2 aromatic rings. The number of nitrogens with zero attached hydrogens (tertiary/aromatic N) is 3. The van der Waals surface area contributed by atoms with E-state index in [1.165, 1.54) is 36.4 Å². The number of benzene rings is 2. The molecule has 0 aliphatic carbocycles. The van der Waals surface area contributed by atoms with Crippen LogP contribution in [0.4, 0.5) is 58.4 Å². The van der Waals surface area contributed by atoms with Crippen LogP contribution >= 0.6 is 19.1 Å². The molecule has 2 saturated heterocycles. The number of hydrogen-bond donors (Lipinski definition) is 0. The van der Waals surface area contributed by atoms with E-state index in [2.05, 4.69) is 9.05 Å². The molecular weight excluding hydrogens is 673 g/mol. The zero-order chi connectivity index (χ0) is 32.8. The summed E-state index contributed by atoms with van der Waals surface area (Å²) in [5.41, 5.74) is -15.4. The molecule has 0 N–H and O–H groups in total. The van der Waals surface area contributed by atoms with Gasteiger partial charge in [0.05, 0.1) is 0 Å². The van der Waals surface area contributed by atoms with Crippen molar-refractivity contribution in [2.75, 3.05) is 30.2 Å². The van der Waals surface area contributed by atoms with E-state index in [9.17, 15) is 57.5 Å². The monoisotopic (exact) mass is 691 g/mol. The van der Waals surface area contributed by atoms with Crippen molar-refractivity contribution in [3.63, 3.8) is 0 Å². The van der Waals surface area contributed by atoms with Crippen molar-refractivity contribution in [1.82, 2.24) is 9.34 Å². The molecule has 1 spiro atoms. The minimum absolute atomic E-state index is 0.0221. The number of rotatable bonds is 4. The summed E-state index contributed by atoms with van der Waals surface area (Å²) in [4.78, 5) is 14.1. The first kappa shape index (κ1) is 32.9. The predicted molar refractivity (Wildman–Crippen MR) is 131 cm³/mol. The average molecular weight is 692 g/mol. The fourth-order valence-electron chi connectivity index (χ4n) is 6.06. The van der Waals surface area contributed by atoms with E-state index in [0.29, 0.717) is 9.34 Å². The summed E-state index contributed by atoms with van der Waals surface area (Å²) in [6, 6.07) is 10.8. The molecule has 0 bridgehead atoms. The van der Waals surface area contributed by atoms with Crippen LogP contribution in [0.25, 0.3) is 0 Å². The van der Waals surface area contributed by atoms with Crippen molar-refractivity contribution < 1.29 is 66.5 Å². The number of fused-ring (bicyclic) bond motifs is 2. The third-order valence-electron chi connectivity index (χ3n) is 7.73. The molecule has 2 aromatic carbocycles. The van der Waals surface area contributed by atoms with Crippen LogP contribution in [0, 0.1) is 0 Å². The molecule has 244 valence electrons. The van der Waals surface area contributed by atoms with Gasteiger partial charge in [-0.25, -0.2) is 0 Å². The maximum atomic E-state index is 14.8. The van der Waals surface area contributed by atoms with E-state index in [1.807, 2.05) is 0 Å². The quantitative estimate of drug-likeness (QED) is 0.188. The number of hydrogen-bond acceptors (Lipinski definition) is 5. The predicted octanol–water partition coefficient (Wildman–Crippen LogP) is 7.61. The Morgan fingerprint density at radius 3 is 1.68 bits per heavy atom. The van der Waals surface area contributed by atoms with Gasteiger partial charge in [0.15, 0.2) is 0 Å². The van der Waals surface area contributed by atoms with Crippen LogP contribution in [-0.2, 0) is 15.6 Å². The molecule has 5 rings (SSSR count). The number of carbonyl (C=O) groups excluding carboxylic acids is 1. The van der Waals surface area contributed by atoms with E-state index in [-0.39, 0.29) is 10.2 Å². The molecule has 3 heterocycles. The second kappa shape index (κ2) is 9.74. The Kier molecular flexibility index (Phi) is 7.27. The molecule has 20 heteroatoms. The number of alkyl halides is 13. The first-order chi connectivity index (χ1) is 20.2. The van der Waals surface area contributed by atoms with Gasteiger partial charge in [0.1, 0.15) is 0 Å². The van der Waals surface area contributed by atoms with Gasteiger partial charge in [-0.2, -0.15) is 0 Å². The van der Waals surface area contributed by atoms with Crippen LogP contribution in [0.5, 0.6) is 0 Å². The zero-order valence-electron chi connectivity index (χ0n) is 21.7. The van der Waals surface area contributed by atoms with Crippen molar-refractivity contribution in [3.8, 4) is 0 Å². The molecule has 0 unspecified atom stereocenters. The molecular formula is C24H19ClF12N3O3P. The van der Waals surface area contributed by atoms with Crippen molar-refractivity contribution in [2.45, 2.75) is 42.5 Å². The fraction of sp³-hybridized carbons (Fsp3) is 0.458. The Morgan fingerprint density at radius 2 is 1.20 bits per heavy atom. The molecule has 0 saturated carbocycles. The van der Waals surface area contributed by atoms with Crippen molar-refractivity contribution in [1.29, 1.82) is 0 Å². The molecule has 6 nitrogen and oxygen atoms in total. The second-order valence-electron chi connectivity index (χ2n) is 10.0. The number of anilines is 1. The Hall–Kier alpha value is -2.53. The van der Waals surface area contributed by atoms with Crippen molar-refractivity contribution in [3.05, 3.63) is 65.7 Å². The van der Waals surface area contributed by atoms with Gasteiger partial charge >= 0.3 is 245 Å². The minimum atomic E-state index is -7.47. The van der Waals surface area contributed by atoms with Gasteiger partial charge in [-0.05, 0) is 0 Å². The summed E-state index contributed by atoms with van der Waals surface area (Å²) < 4.78 is 188. The van der Waals surface area contributed by atoms with Crippen LogP contribution in [0.1, 0.15) is 15.9 Å². The van der Waals surface area contributed by atoms with Crippen molar-refractivity contribution in [2.24, 2.45) is 0 Å². The molecule has 44 heavy (non-hydrogen) atoms. The van der Waals surface area contributed by atoms with Gasteiger partial charge in [0, 0.05) is 0 Å². The van der Waals surface area contributed by atoms with Gasteiger partial charge in [0.2, 0.25) is 0 Å². The first-order valence-electron chi connectivity index (χ1n) is 12.4. The standard InChI is InChI=1S/C24H19ClF12N3O3P/c25-10-11-38-12-13-39-17-9-5-4-8-16(17)18(41)40(14-15-6-2-1-3-7-15)44(38,39)42-19(21(26,27)28,22(29,30)31)20(43-44,23(32,33)34)24(35,36)37/h1-9H,10-14H2. The zero-order valence-corrected chi connectivity index (χ0v) is 23.3. The molecule has 0 aromatic heterocycles. The van der Waals surface area contributed by atoms with Gasteiger partial charge in [0.25, 0.3) is 0 Å². The van der Waals surface area contributed by atoms with E-state index in [1.54, 1.807) is 0 Å². The van der Waals surface area contributed by atoms with E-state index >= 15 is 0 Å². The summed E-state index contributed by atoms with van der Waals surface area (Å²) in [6.07, 6.45) is -29.9. The number of para-hydroxylation sites is 1. The van der Waals surface area contributed by atoms with E-state index < -0.39 is 92.6 Å². The Balaban J connectivity index is 2.03. The van der Waals surface area contributed by atoms with Crippen LogP contribution in [0.2, 0.25) is 0 Å². The van der Waals surface area contributed by atoms with Gasteiger partial charge in [-0.1, -0.05) is 0 Å². The molecule has 3 aliphatic heterocycles. The SMILES string of the molecule is O=C1c2ccccc2N2CCN(CCCl)P23(OC(C(F)(F)F)(C(F)(F)F)C(C(F)(F)F)(C(F)(F)F)O3)N1Cc1ccccc1.